The summed E-state index contributed by atoms with van der Waals surface area (Å²) in [6.45, 7) is 2.82. The highest BCUT2D eigenvalue weighted by atomic mass is 16.7. The van der Waals surface area contributed by atoms with Gasteiger partial charge in [0.05, 0.1) is 30.5 Å². The quantitative estimate of drug-likeness (QED) is 0.149. The topological polar surface area (TPSA) is 216 Å². The van der Waals surface area contributed by atoms with Gasteiger partial charge < -0.3 is 54.5 Å². The van der Waals surface area contributed by atoms with Gasteiger partial charge in [-0.2, -0.15) is 0 Å². The van der Waals surface area contributed by atoms with Gasteiger partial charge in [-0.05, 0) is 31.7 Å². The number of nitrogens with zero attached hydrogens (tertiary/aromatic N) is 2. The fourth-order valence-electron chi connectivity index (χ4n) is 5.21. The second-order valence-corrected chi connectivity index (χ2v) is 10.2. The van der Waals surface area contributed by atoms with Crippen molar-refractivity contribution in [2.45, 2.75) is 75.1 Å². The number of aliphatic carboxylic acids is 1. The van der Waals surface area contributed by atoms with Crippen LogP contribution in [0.5, 0.6) is 11.5 Å². The third-order valence-electron chi connectivity index (χ3n) is 7.38. The molecule has 2 fully saturated rings. The molecule has 3 aliphatic rings. The minimum atomic E-state index is -1.78. The number of hydrogen-bond donors (Lipinski definition) is 6. The minimum Gasteiger partial charge on any atom is -0.490 e. The summed E-state index contributed by atoms with van der Waals surface area (Å²) in [6.07, 6.45) is -7.53. The van der Waals surface area contributed by atoms with E-state index in [1.54, 1.807) is 0 Å². The van der Waals surface area contributed by atoms with E-state index in [1.807, 2.05) is 0 Å². The highest BCUT2D eigenvalue weighted by molar-refractivity contribution is 6.06. The molecule has 7 atom stereocenters. The largest absolute Gasteiger partial charge is 0.490 e. The van der Waals surface area contributed by atoms with Crippen LogP contribution < -0.4 is 14.4 Å². The van der Waals surface area contributed by atoms with E-state index in [0.717, 1.165) is 4.90 Å². The molecule has 0 aliphatic carbocycles. The predicted molar refractivity (Wildman–Crippen MR) is 142 cm³/mol. The first-order valence-corrected chi connectivity index (χ1v) is 13.6. The van der Waals surface area contributed by atoms with Crippen molar-refractivity contribution in [1.29, 1.82) is 0 Å². The second kappa shape index (κ2) is 13.7. The Bertz CT molecular complexity index is 1160. The van der Waals surface area contributed by atoms with Crippen LogP contribution in [0.15, 0.2) is 24.8 Å². The van der Waals surface area contributed by atoms with Crippen molar-refractivity contribution in [3.63, 3.8) is 0 Å². The summed E-state index contributed by atoms with van der Waals surface area (Å²) < 4.78 is 22.3. The number of rotatable bonds is 10. The van der Waals surface area contributed by atoms with Gasteiger partial charge in [-0.1, -0.05) is 12.7 Å². The maximum absolute atomic E-state index is 13.8. The fourth-order valence-corrected chi connectivity index (χ4v) is 5.21. The van der Waals surface area contributed by atoms with Crippen LogP contribution in [0, 0.1) is 0 Å². The first-order chi connectivity index (χ1) is 20.1. The second-order valence-electron chi connectivity index (χ2n) is 10.2. The van der Waals surface area contributed by atoms with Gasteiger partial charge in [0, 0.05) is 19.0 Å². The summed E-state index contributed by atoms with van der Waals surface area (Å²) in [6, 6.07) is 1.73. The number of carboxylic acids is 1. The van der Waals surface area contributed by atoms with Gasteiger partial charge in [-0.15, -0.1) is 0 Å². The van der Waals surface area contributed by atoms with Gasteiger partial charge in [0.2, 0.25) is 6.29 Å². The lowest BCUT2D eigenvalue weighted by Crippen LogP contribution is -2.60. The van der Waals surface area contributed by atoms with Crippen molar-refractivity contribution in [2.24, 2.45) is 0 Å². The Kier molecular flexibility index (Phi) is 10.2. The van der Waals surface area contributed by atoms with Crippen LogP contribution in [0.3, 0.4) is 0 Å². The molecule has 232 valence electrons. The van der Waals surface area contributed by atoms with Crippen molar-refractivity contribution in [3.8, 4) is 11.5 Å². The number of piperidine rings is 1. The molecule has 2 amide bonds. The summed E-state index contributed by atoms with van der Waals surface area (Å²) in [4.78, 5) is 40.4. The number of carboxylic acid groups (broad SMARTS) is 1. The molecule has 0 radical (unpaired) electrons. The molecule has 42 heavy (non-hydrogen) atoms. The summed E-state index contributed by atoms with van der Waals surface area (Å²) in [5.41, 5.74) is -0.142. The summed E-state index contributed by atoms with van der Waals surface area (Å²) in [7, 11) is 0. The zero-order valence-electron chi connectivity index (χ0n) is 22.8. The monoisotopic (exact) mass is 596 g/mol. The molecule has 2 saturated heterocycles. The van der Waals surface area contributed by atoms with E-state index >= 15 is 0 Å². The number of benzene rings is 1. The number of amides is 2. The number of carbonyl (C=O) groups excluding carboxylic acids is 2. The minimum absolute atomic E-state index is 0.0645. The van der Waals surface area contributed by atoms with Crippen LogP contribution >= 0.6 is 0 Å². The first kappa shape index (κ1) is 31.5. The zero-order chi connectivity index (χ0) is 30.6. The first-order valence-electron chi connectivity index (χ1n) is 13.6. The lowest BCUT2D eigenvalue weighted by Gasteiger charge is -2.39. The number of carbonyl (C=O) groups is 3. The van der Waals surface area contributed by atoms with E-state index in [9.17, 15) is 39.9 Å². The maximum atomic E-state index is 13.8. The van der Waals surface area contributed by atoms with Gasteiger partial charge in [-0.25, -0.2) is 9.69 Å². The molecule has 3 aliphatic heterocycles. The van der Waals surface area contributed by atoms with Gasteiger partial charge >= 0.3 is 12.1 Å². The molecule has 3 heterocycles. The Balaban J connectivity index is 1.79. The lowest BCUT2D eigenvalue weighted by atomic mass is 9.99. The summed E-state index contributed by atoms with van der Waals surface area (Å²) >= 11 is 0. The summed E-state index contributed by atoms with van der Waals surface area (Å²) in [5.74, 6) is -1.88. The van der Waals surface area contributed by atoms with Gasteiger partial charge in [-0.3, -0.25) is 9.59 Å². The molecular formula is C27H36N2O13. The standard InChI is InChI=1S/C27H36N2O13/c1-2-9-40-27(38)29-16-12-17(39-10-5-7-20(31)32)18(41-26-23(35)22(34)21(33)19(13-30)42-26)11-14(16)24(36)28-8-4-3-6-15(28)25(29)37/h2,11-12,15,19,21-23,25-26,30,33-35,37H,1,3-10,13H2,(H,31,32)/t15-,19+,21-,22-,23+,25?,26+/m0/s1. The van der Waals surface area contributed by atoms with E-state index in [2.05, 4.69) is 6.58 Å². The number of aliphatic hydroxyl groups is 5. The van der Waals surface area contributed by atoms with Crippen LogP contribution in [-0.2, 0) is 14.3 Å². The van der Waals surface area contributed by atoms with E-state index in [0.29, 0.717) is 25.8 Å². The van der Waals surface area contributed by atoms with E-state index in [-0.39, 0.29) is 48.8 Å². The number of hydrogen-bond acceptors (Lipinski definition) is 12. The van der Waals surface area contributed by atoms with E-state index in [4.69, 9.17) is 24.1 Å². The average molecular weight is 597 g/mol. The van der Waals surface area contributed by atoms with E-state index in [1.165, 1.54) is 23.1 Å². The smallest absolute Gasteiger partial charge is 0.416 e. The van der Waals surface area contributed by atoms with Crippen LogP contribution in [0.4, 0.5) is 10.5 Å². The molecule has 4 rings (SSSR count). The number of fused-ring (bicyclic) bond motifs is 2. The predicted octanol–water partition coefficient (Wildman–Crippen LogP) is -0.435. The van der Waals surface area contributed by atoms with Crippen molar-refractivity contribution in [1.82, 2.24) is 4.90 Å². The molecule has 0 spiro atoms. The average Bonchev–Trinajstić information content (AvgIpc) is 3.06. The highest BCUT2D eigenvalue weighted by Gasteiger charge is 2.47. The highest BCUT2D eigenvalue weighted by Crippen LogP contribution is 2.42. The van der Waals surface area contributed by atoms with Crippen LogP contribution in [0.1, 0.15) is 42.5 Å². The molecule has 6 N–H and O–H groups in total. The van der Waals surface area contributed by atoms with Crippen LogP contribution in [0.2, 0.25) is 0 Å². The van der Waals surface area contributed by atoms with Crippen molar-refractivity contribution in [3.05, 3.63) is 30.4 Å². The molecule has 0 bridgehead atoms. The Morgan fingerprint density at radius 2 is 1.86 bits per heavy atom. The molecule has 15 nitrogen and oxygen atoms in total. The zero-order valence-corrected chi connectivity index (χ0v) is 22.8. The van der Waals surface area contributed by atoms with Crippen molar-refractivity contribution < 1.29 is 64.0 Å². The Morgan fingerprint density at radius 3 is 2.55 bits per heavy atom. The number of ether oxygens (including phenoxy) is 4. The Hall–Kier alpha value is -3.47. The van der Waals surface area contributed by atoms with Gasteiger partial charge in [0.15, 0.2) is 17.7 Å². The molecule has 1 aromatic rings. The molecule has 0 saturated carbocycles. The van der Waals surface area contributed by atoms with E-state index < -0.39 is 67.6 Å². The molecule has 0 aromatic heterocycles. The van der Waals surface area contributed by atoms with Gasteiger partial charge in [0.1, 0.15) is 31.0 Å². The third-order valence-corrected chi connectivity index (χ3v) is 7.38. The molecule has 1 aromatic carbocycles. The Labute approximate surface area is 241 Å². The number of anilines is 1. The van der Waals surface area contributed by atoms with Crippen LogP contribution in [-0.4, -0.2) is 123 Å². The summed E-state index contributed by atoms with van der Waals surface area (Å²) in [5, 5.41) is 60.8. The van der Waals surface area contributed by atoms with Crippen molar-refractivity contribution >= 4 is 23.7 Å². The molecule has 15 heteroatoms. The normalized spacial score (nSPS) is 29.2. The number of aliphatic hydroxyl groups excluding tert-OH is 5. The molecule has 1 unspecified atom stereocenters. The fraction of sp³-hybridized carbons (Fsp3) is 0.593. The van der Waals surface area contributed by atoms with Gasteiger partial charge in [0.25, 0.3) is 5.91 Å². The maximum Gasteiger partial charge on any atom is 0.416 e. The molecular weight excluding hydrogens is 560 g/mol. The Morgan fingerprint density at radius 1 is 1.10 bits per heavy atom. The third kappa shape index (κ3) is 6.45. The van der Waals surface area contributed by atoms with Crippen LogP contribution in [0.25, 0.3) is 0 Å². The SMILES string of the molecule is C=CCOC(=O)N1c2cc(OCCCC(=O)O)c(O[C@@H]3O[C@H](CO)[C@H](O)[C@H](O)[C@H]3O)cc2C(=O)N2CCCC[C@H]2C1O. The lowest BCUT2D eigenvalue weighted by molar-refractivity contribution is -0.277. The van der Waals surface area contributed by atoms with Crippen molar-refractivity contribution in [2.75, 3.05) is 31.3 Å².